The molecule has 0 spiro atoms. The molecule has 2 aromatic carbocycles. The minimum Gasteiger partial charge on any atom is -0.508 e. The lowest BCUT2D eigenvalue weighted by molar-refractivity contribution is -0.143. The Labute approximate surface area is 375 Å². The first-order chi connectivity index (χ1) is 30.3. The number of carbonyl (C=O) groups is 8. The molecule has 0 aliphatic carbocycles. The molecule has 64 heavy (non-hydrogen) atoms. The molecule has 2 aromatic rings. The summed E-state index contributed by atoms with van der Waals surface area (Å²) < 4.78 is 0. The zero-order valence-electron chi connectivity index (χ0n) is 38.0. The van der Waals surface area contributed by atoms with Gasteiger partial charge in [0.15, 0.2) is 0 Å². The Morgan fingerprint density at radius 1 is 0.531 bits per heavy atom. The third-order valence-electron chi connectivity index (χ3n) is 12.2. The molecule has 3 saturated heterocycles. The maximum atomic E-state index is 14.6. The molecule has 17 heteroatoms. The van der Waals surface area contributed by atoms with Crippen LogP contribution in [0, 0.1) is 17.8 Å². The molecular weight excluding hydrogens is 821 g/mol. The maximum absolute atomic E-state index is 14.6. The molecule has 3 aliphatic rings. The van der Waals surface area contributed by atoms with Crippen LogP contribution >= 0.6 is 0 Å². The number of nitrogens with zero attached hydrogens (tertiary/aromatic N) is 2. The number of hydrogen-bond acceptors (Lipinski definition) is 9. The van der Waals surface area contributed by atoms with Gasteiger partial charge in [0.2, 0.25) is 47.3 Å². The largest absolute Gasteiger partial charge is 0.508 e. The van der Waals surface area contributed by atoms with Gasteiger partial charge in [0.1, 0.15) is 54.1 Å². The van der Waals surface area contributed by atoms with Crippen molar-refractivity contribution in [3.63, 3.8) is 0 Å². The van der Waals surface area contributed by atoms with Crippen LogP contribution in [0.25, 0.3) is 0 Å². The van der Waals surface area contributed by atoms with Crippen molar-refractivity contribution in [2.45, 2.75) is 142 Å². The zero-order chi connectivity index (χ0) is 46.8. The third kappa shape index (κ3) is 12.6. The van der Waals surface area contributed by atoms with Crippen LogP contribution in [0.4, 0.5) is 0 Å². The molecule has 7 N–H and O–H groups in total. The number of hydrogen-bond donors (Lipinski definition) is 7. The van der Waals surface area contributed by atoms with E-state index in [2.05, 4.69) is 31.9 Å². The number of fused-ring (bicyclic) bond motifs is 2. The molecule has 3 fully saturated rings. The molecular formula is C47H66N8O9. The number of aromatic hydroxyl groups is 1. The smallest absolute Gasteiger partial charge is 0.246 e. The number of phenols is 1. The highest BCUT2D eigenvalue weighted by molar-refractivity contribution is 5.99. The van der Waals surface area contributed by atoms with Gasteiger partial charge in [0.05, 0.1) is 0 Å². The van der Waals surface area contributed by atoms with Gasteiger partial charge in [-0.2, -0.15) is 0 Å². The van der Waals surface area contributed by atoms with E-state index in [0.717, 1.165) is 5.56 Å². The van der Waals surface area contributed by atoms with Gasteiger partial charge in [0, 0.05) is 25.9 Å². The monoisotopic (exact) mass is 886 g/mol. The highest BCUT2D eigenvalue weighted by atomic mass is 16.3. The standard InChI is InChI=1S/C47H66N8O9/c1-26(2)23-33-41(58)51-35(25-31-17-19-32(56)20-18-31)47(64)55-22-12-15-36(55)42(59)52-38(27(3)4)44(61)48-29(7)40(57)50-34(24-30-13-9-8-10-14-30)46(63)54-21-11-16-37(54)43(60)53-39(28(5)6)45(62)49-33/h8-10,13-14,17-20,26-29,33-39,56H,11-12,15-16,21-25H2,1-7H3,(H,48,61)(H,49,62)(H,50,57)(H,51,58)(H,52,59)(H,53,60)/t29-,33-,34-,35+,36-,37-,38+,39+/m0/s1. The Balaban J connectivity index is 1.53. The molecule has 0 aromatic heterocycles. The first kappa shape index (κ1) is 49.0. The Morgan fingerprint density at radius 3 is 1.44 bits per heavy atom. The summed E-state index contributed by atoms with van der Waals surface area (Å²) in [4.78, 5) is 116. The van der Waals surface area contributed by atoms with Crippen LogP contribution in [0.5, 0.6) is 5.75 Å². The van der Waals surface area contributed by atoms with Gasteiger partial charge in [-0.1, -0.05) is 84.0 Å². The number of carbonyl (C=O) groups excluding carboxylic acids is 8. The van der Waals surface area contributed by atoms with E-state index in [-0.39, 0.29) is 50.4 Å². The summed E-state index contributed by atoms with van der Waals surface area (Å²) in [6, 6.07) is 6.41. The summed E-state index contributed by atoms with van der Waals surface area (Å²) >= 11 is 0. The Morgan fingerprint density at radius 2 is 0.969 bits per heavy atom. The molecule has 0 saturated carbocycles. The summed E-state index contributed by atoms with van der Waals surface area (Å²) in [6.45, 7) is 12.6. The van der Waals surface area contributed by atoms with Crippen LogP contribution in [0.15, 0.2) is 54.6 Å². The average Bonchev–Trinajstić information content (AvgIpc) is 3.95. The summed E-state index contributed by atoms with van der Waals surface area (Å²) in [6.07, 6.45) is 1.80. The fraction of sp³-hybridized carbons (Fsp3) is 0.574. The van der Waals surface area contributed by atoms with Crippen LogP contribution in [0.1, 0.15) is 91.7 Å². The van der Waals surface area contributed by atoms with Gasteiger partial charge in [-0.25, -0.2) is 0 Å². The van der Waals surface area contributed by atoms with E-state index in [0.29, 0.717) is 24.8 Å². The van der Waals surface area contributed by atoms with Crippen molar-refractivity contribution in [1.82, 2.24) is 41.7 Å². The molecule has 3 heterocycles. The Kier molecular flexibility index (Phi) is 16.9. The van der Waals surface area contributed by atoms with E-state index >= 15 is 0 Å². The van der Waals surface area contributed by atoms with Gasteiger partial charge >= 0.3 is 0 Å². The first-order valence-corrected chi connectivity index (χ1v) is 22.6. The number of nitrogens with one attached hydrogen (secondary N) is 6. The molecule has 0 unspecified atom stereocenters. The molecule has 0 radical (unpaired) electrons. The summed E-state index contributed by atoms with van der Waals surface area (Å²) in [5.74, 6) is -5.76. The fourth-order valence-corrected chi connectivity index (χ4v) is 8.60. The number of rotatable bonds is 8. The van der Waals surface area contributed by atoms with Crippen molar-refractivity contribution in [1.29, 1.82) is 0 Å². The molecule has 0 bridgehead atoms. The summed E-state index contributed by atoms with van der Waals surface area (Å²) in [7, 11) is 0. The molecule has 8 amide bonds. The highest BCUT2D eigenvalue weighted by Crippen LogP contribution is 2.23. The number of benzene rings is 2. The van der Waals surface area contributed by atoms with Crippen molar-refractivity contribution < 1.29 is 43.5 Å². The topological polar surface area (TPSA) is 235 Å². The van der Waals surface area contributed by atoms with E-state index < -0.39 is 107 Å². The predicted octanol–water partition coefficient (Wildman–Crippen LogP) is 1.46. The van der Waals surface area contributed by atoms with Crippen LogP contribution in [-0.2, 0) is 51.2 Å². The zero-order valence-corrected chi connectivity index (χ0v) is 38.0. The van der Waals surface area contributed by atoms with Crippen LogP contribution in [-0.4, -0.2) is 124 Å². The van der Waals surface area contributed by atoms with Gasteiger partial charge in [-0.05, 0) is 80.0 Å². The second-order valence-electron chi connectivity index (χ2n) is 18.4. The maximum Gasteiger partial charge on any atom is 0.246 e. The molecule has 3 aliphatic heterocycles. The highest BCUT2D eigenvalue weighted by Gasteiger charge is 2.43. The molecule has 5 rings (SSSR count). The summed E-state index contributed by atoms with van der Waals surface area (Å²) in [5, 5.41) is 26.8. The van der Waals surface area contributed by atoms with E-state index in [1.807, 2.05) is 32.0 Å². The van der Waals surface area contributed by atoms with E-state index in [1.165, 1.54) is 28.9 Å². The van der Waals surface area contributed by atoms with Crippen LogP contribution in [0.2, 0.25) is 0 Å². The Hall–Kier alpha value is -6.00. The fourth-order valence-electron chi connectivity index (χ4n) is 8.60. The summed E-state index contributed by atoms with van der Waals surface area (Å²) in [5.41, 5.74) is 1.36. The molecule has 348 valence electrons. The van der Waals surface area contributed by atoms with Gasteiger partial charge in [0.25, 0.3) is 0 Å². The lowest BCUT2D eigenvalue weighted by Gasteiger charge is -2.33. The van der Waals surface area contributed by atoms with E-state index in [4.69, 9.17) is 0 Å². The van der Waals surface area contributed by atoms with E-state index in [9.17, 15) is 43.5 Å². The Bertz CT molecular complexity index is 2010. The third-order valence-corrected chi connectivity index (χ3v) is 12.2. The van der Waals surface area contributed by atoms with Crippen molar-refractivity contribution in [2.24, 2.45) is 17.8 Å². The predicted molar refractivity (Wildman–Crippen MR) is 238 cm³/mol. The van der Waals surface area contributed by atoms with E-state index in [1.54, 1.807) is 52.0 Å². The van der Waals surface area contributed by atoms with Crippen LogP contribution < -0.4 is 31.9 Å². The minimum atomic E-state index is -1.21. The lowest BCUT2D eigenvalue weighted by Crippen LogP contribution is -2.62. The van der Waals surface area contributed by atoms with Gasteiger partial charge in [-0.15, -0.1) is 0 Å². The van der Waals surface area contributed by atoms with Crippen LogP contribution in [0.3, 0.4) is 0 Å². The second kappa shape index (κ2) is 22.1. The lowest BCUT2D eigenvalue weighted by atomic mass is 9.98. The van der Waals surface area contributed by atoms with Crippen molar-refractivity contribution in [3.05, 3.63) is 65.7 Å². The van der Waals surface area contributed by atoms with Crippen molar-refractivity contribution >= 4 is 47.3 Å². The second-order valence-corrected chi connectivity index (χ2v) is 18.4. The molecule has 17 nitrogen and oxygen atoms in total. The van der Waals surface area contributed by atoms with Gasteiger partial charge in [-0.3, -0.25) is 38.4 Å². The van der Waals surface area contributed by atoms with Gasteiger partial charge < -0.3 is 46.8 Å². The minimum absolute atomic E-state index is 0.00822. The average molecular weight is 887 g/mol. The quantitative estimate of drug-likeness (QED) is 0.203. The SMILES string of the molecule is CC(C)C[C@@H]1NC(=O)[C@@H](C(C)C)NC(=O)[C@@H]2CCCN2C(=O)[C@H](Cc2ccccc2)NC(=O)[C@H](C)NC(=O)[C@@H](C(C)C)NC(=O)[C@@H]2CCCN2C(=O)[C@@H](Cc2ccc(O)cc2)NC1=O. The number of amides is 8. The van der Waals surface area contributed by atoms with Crippen molar-refractivity contribution in [2.75, 3.05) is 13.1 Å². The number of phenolic OH excluding ortho intramolecular Hbond substituents is 1. The first-order valence-electron chi connectivity index (χ1n) is 22.6. The normalized spacial score (nSPS) is 27.3. The molecule has 8 atom stereocenters. The van der Waals surface area contributed by atoms with Crippen molar-refractivity contribution in [3.8, 4) is 5.75 Å².